The monoisotopic (exact) mass is 616 g/mol. The van der Waals surface area contributed by atoms with Gasteiger partial charge >= 0.3 is 0 Å². The van der Waals surface area contributed by atoms with Crippen molar-refractivity contribution in [2.45, 2.75) is 32.6 Å². The van der Waals surface area contributed by atoms with Crippen molar-refractivity contribution in [3.8, 4) is 33.4 Å². The molecule has 0 aliphatic carbocycles. The molecule has 48 heavy (non-hydrogen) atoms. The molecular formula is C47H36O. The van der Waals surface area contributed by atoms with Gasteiger partial charge in [-0.15, -0.1) is 0 Å². The van der Waals surface area contributed by atoms with Crippen molar-refractivity contribution >= 4 is 43.5 Å². The molecule has 0 aliphatic rings. The molecule has 2 bridgehead atoms. The molecule has 1 unspecified atom stereocenters. The fraction of sp³-hybridized carbons (Fsp3) is 0.106. The third-order valence-corrected chi connectivity index (χ3v) is 10.4. The molecule has 1 atom stereocenters. The van der Waals surface area contributed by atoms with Crippen LogP contribution in [0.5, 0.6) is 0 Å². The molecule has 1 nitrogen and oxygen atoms in total. The number of hydrogen-bond acceptors (Lipinski definition) is 1. The Bertz CT molecular complexity index is 2600. The van der Waals surface area contributed by atoms with Crippen molar-refractivity contribution in [2.75, 3.05) is 0 Å². The van der Waals surface area contributed by atoms with Crippen molar-refractivity contribution in [1.29, 1.82) is 0 Å². The van der Waals surface area contributed by atoms with E-state index in [1.165, 1.54) is 82.4 Å². The van der Waals surface area contributed by atoms with Gasteiger partial charge < -0.3 is 4.42 Å². The third-order valence-electron chi connectivity index (χ3n) is 10.4. The van der Waals surface area contributed by atoms with E-state index >= 15 is 0 Å². The minimum Gasteiger partial charge on any atom is -0.456 e. The summed E-state index contributed by atoms with van der Waals surface area (Å²) in [5.41, 5.74) is 13.6. The molecule has 0 radical (unpaired) electrons. The van der Waals surface area contributed by atoms with Crippen LogP contribution in [0, 0.1) is 6.92 Å². The summed E-state index contributed by atoms with van der Waals surface area (Å²) in [6.07, 6.45) is 1.99. The Labute approximate surface area is 281 Å². The average Bonchev–Trinajstić information content (AvgIpc) is 3.76. The van der Waals surface area contributed by atoms with Gasteiger partial charge in [-0.2, -0.15) is 0 Å². The van der Waals surface area contributed by atoms with Crippen LogP contribution in [0.25, 0.3) is 76.9 Å². The summed E-state index contributed by atoms with van der Waals surface area (Å²) in [7, 11) is 0. The number of rotatable bonds is 7. The highest BCUT2D eigenvalue weighted by molar-refractivity contribution is 6.15. The number of furan rings is 2. The first-order valence-electron chi connectivity index (χ1n) is 17.1. The van der Waals surface area contributed by atoms with Crippen molar-refractivity contribution in [3.63, 3.8) is 0 Å². The van der Waals surface area contributed by atoms with E-state index in [4.69, 9.17) is 4.42 Å². The predicted octanol–water partition coefficient (Wildman–Crippen LogP) is 13.4. The minimum absolute atomic E-state index is 0.340. The smallest absolute Gasteiger partial charge is 0.136 e. The van der Waals surface area contributed by atoms with Crippen LogP contribution in [0.2, 0.25) is 0 Å². The van der Waals surface area contributed by atoms with Gasteiger partial charge in [0.15, 0.2) is 0 Å². The van der Waals surface area contributed by atoms with Gasteiger partial charge in [0.2, 0.25) is 0 Å². The van der Waals surface area contributed by atoms with Gasteiger partial charge in [0.05, 0.1) is 0 Å². The summed E-state index contributed by atoms with van der Waals surface area (Å²) in [5.74, 6) is 0.340. The first kappa shape index (κ1) is 28.6. The molecule has 0 N–H and O–H groups in total. The van der Waals surface area contributed by atoms with E-state index in [2.05, 4.69) is 166 Å². The molecule has 0 saturated heterocycles. The Kier molecular flexibility index (Phi) is 6.87. The SMILES string of the molecule is CCC(Cc1ccccc1-c1c(C)ccc2c3ccc(o3)c12)c1cc(-c2ccc3ccccc3c2)cc(-c2cccc3ccccc23)c1. The van der Waals surface area contributed by atoms with Crippen LogP contribution in [-0.4, -0.2) is 0 Å². The first-order valence-corrected chi connectivity index (χ1v) is 17.1. The maximum atomic E-state index is 6.16. The summed E-state index contributed by atoms with van der Waals surface area (Å²) < 4.78 is 6.16. The quantitative estimate of drug-likeness (QED) is 0.174. The highest BCUT2D eigenvalue weighted by Crippen LogP contribution is 2.43. The Morgan fingerprint density at radius 1 is 0.521 bits per heavy atom. The van der Waals surface area contributed by atoms with Crippen LogP contribution in [0.4, 0.5) is 0 Å². The zero-order valence-corrected chi connectivity index (χ0v) is 27.3. The van der Waals surface area contributed by atoms with Crippen LogP contribution >= 0.6 is 0 Å². The van der Waals surface area contributed by atoms with Crippen LogP contribution in [-0.2, 0) is 6.42 Å². The number of aryl methyl sites for hydroxylation is 1. The van der Waals surface area contributed by atoms with Crippen LogP contribution in [0.3, 0.4) is 0 Å². The molecule has 0 spiro atoms. The van der Waals surface area contributed by atoms with Crippen LogP contribution in [0.1, 0.15) is 36.0 Å². The summed E-state index contributed by atoms with van der Waals surface area (Å²) in [6.45, 7) is 4.57. The average molecular weight is 617 g/mol. The van der Waals surface area contributed by atoms with E-state index in [9.17, 15) is 0 Å². The van der Waals surface area contributed by atoms with Crippen molar-refractivity contribution in [1.82, 2.24) is 0 Å². The Hall–Kier alpha value is -5.66. The zero-order valence-electron chi connectivity index (χ0n) is 27.3. The second-order valence-electron chi connectivity index (χ2n) is 13.2. The molecule has 1 heteroatoms. The topological polar surface area (TPSA) is 13.1 Å². The molecule has 0 fully saturated rings. The lowest BCUT2D eigenvalue weighted by Crippen LogP contribution is -2.05. The van der Waals surface area contributed by atoms with Crippen LogP contribution < -0.4 is 0 Å². The fourth-order valence-electron chi connectivity index (χ4n) is 7.89. The first-order chi connectivity index (χ1) is 23.6. The molecule has 0 aliphatic heterocycles. The maximum Gasteiger partial charge on any atom is 0.136 e. The van der Waals surface area contributed by atoms with E-state index < -0.39 is 0 Å². The van der Waals surface area contributed by atoms with Gasteiger partial charge in [-0.05, 0) is 122 Å². The number of fused-ring (bicyclic) bond motifs is 7. The number of benzene rings is 8. The van der Waals surface area contributed by atoms with Gasteiger partial charge in [-0.25, -0.2) is 0 Å². The molecule has 9 rings (SSSR count). The van der Waals surface area contributed by atoms with Gasteiger partial charge in [0.1, 0.15) is 11.2 Å². The third kappa shape index (κ3) is 4.78. The molecule has 0 saturated carbocycles. The maximum absolute atomic E-state index is 6.16. The number of hydrogen-bond donors (Lipinski definition) is 0. The van der Waals surface area contributed by atoms with E-state index in [0.29, 0.717) is 5.92 Å². The summed E-state index contributed by atoms with van der Waals surface area (Å²) in [5, 5.41) is 7.53. The fourth-order valence-corrected chi connectivity index (χ4v) is 7.89. The predicted molar refractivity (Wildman–Crippen MR) is 204 cm³/mol. The van der Waals surface area contributed by atoms with Crippen molar-refractivity contribution in [2.24, 2.45) is 0 Å². The van der Waals surface area contributed by atoms with Gasteiger partial charge in [-0.1, -0.05) is 134 Å². The standard InChI is InChI=1S/C47H36O/c1-3-31(25-36-14-7-9-17-42(36)46-30(2)19-22-43-44-23-24-45(48-44)47(43)46)37-27-38(35-21-20-32-11-4-5-13-34(32)26-35)29-39(28-37)41-18-10-15-33-12-6-8-16-40(33)41/h4-24,26-29,31H,3,25H2,1-2H3. The van der Waals surface area contributed by atoms with Crippen LogP contribution in [0.15, 0.2) is 156 Å². The zero-order chi connectivity index (χ0) is 32.2. The highest BCUT2D eigenvalue weighted by atomic mass is 16.3. The van der Waals surface area contributed by atoms with Gasteiger partial charge in [-0.3, -0.25) is 0 Å². The van der Waals surface area contributed by atoms with E-state index in [0.717, 1.165) is 24.0 Å². The lowest BCUT2D eigenvalue weighted by atomic mass is 9.82. The molecule has 0 amide bonds. The molecule has 7 aromatic carbocycles. The van der Waals surface area contributed by atoms with Gasteiger partial charge in [0, 0.05) is 10.8 Å². The molecule has 9 aromatic rings. The Morgan fingerprint density at radius 3 is 2.15 bits per heavy atom. The highest BCUT2D eigenvalue weighted by Gasteiger charge is 2.21. The molecular weight excluding hydrogens is 581 g/mol. The van der Waals surface area contributed by atoms with E-state index in [1.807, 2.05) is 0 Å². The van der Waals surface area contributed by atoms with Gasteiger partial charge in [0.25, 0.3) is 0 Å². The second kappa shape index (κ2) is 11.5. The summed E-state index contributed by atoms with van der Waals surface area (Å²) >= 11 is 0. The second-order valence-corrected chi connectivity index (χ2v) is 13.2. The molecule has 230 valence electrons. The Balaban J connectivity index is 1.20. The Morgan fingerprint density at radius 2 is 1.25 bits per heavy atom. The van der Waals surface area contributed by atoms with Crippen molar-refractivity contribution in [3.05, 3.63) is 168 Å². The normalized spacial score (nSPS) is 12.5. The summed E-state index contributed by atoms with van der Waals surface area (Å²) in [4.78, 5) is 0. The van der Waals surface area contributed by atoms with E-state index in [1.54, 1.807) is 0 Å². The summed E-state index contributed by atoms with van der Waals surface area (Å²) in [6, 6.07) is 55.9. The largest absolute Gasteiger partial charge is 0.456 e. The van der Waals surface area contributed by atoms with E-state index in [-0.39, 0.29) is 0 Å². The lowest BCUT2D eigenvalue weighted by molar-refractivity contribution is 0.661. The lowest BCUT2D eigenvalue weighted by Gasteiger charge is -2.22. The minimum atomic E-state index is 0.340. The molecule has 2 aromatic heterocycles. The molecule has 2 heterocycles. The van der Waals surface area contributed by atoms with Crippen molar-refractivity contribution < 1.29 is 4.42 Å².